The van der Waals surface area contributed by atoms with Gasteiger partial charge < -0.3 is 14.5 Å². The molecule has 0 saturated carbocycles. The van der Waals surface area contributed by atoms with E-state index in [1.165, 1.54) is 22.0 Å². The Balaban J connectivity index is 1.93. The summed E-state index contributed by atoms with van der Waals surface area (Å²) in [5.74, 6) is -0.346. The van der Waals surface area contributed by atoms with Crippen LogP contribution < -0.4 is 0 Å². The maximum absolute atomic E-state index is 12.6. The van der Waals surface area contributed by atoms with Crippen LogP contribution >= 0.6 is 11.6 Å². The fourth-order valence-corrected chi connectivity index (χ4v) is 2.65. The van der Waals surface area contributed by atoms with Crippen molar-refractivity contribution < 1.29 is 27.5 Å². The van der Waals surface area contributed by atoms with Crippen LogP contribution in [0.3, 0.4) is 0 Å². The number of nitrogens with zero attached hydrogens (tertiary/aromatic N) is 3. The van der Waals surface area contributed by atoms with E-state index in [0.717, 1.165) is 6.07 Å². The lowest BCUT2D eigenvalue weighted by atomic mass is 10.2. The van der Waals surface area contributed by atoms with Crippen LogP contribution in [-0.4, -0.2) is 58.6 Å². The lowest BCUT2D eigenvalue weighted by Crippen LogP contribution is -2.51. The number of carbonyl (C=O) groups excluding carboxylic acids is 2. The number of piperazine rings is 1. The number of pyridine rings is 1. The van der Waals surface area contributed by atoms with Crippen molar-refractivity contribution in [2.24, 2.45) is 0 Å². The molecular formula is C18H21ClF3N3O3. The predicted molar refractivity (Wildman–Crippen MR) is 97.7 cm³/mol. The fraction of sp³-hybridized carbons (Fsp3) is 0.500. The quantitative estimate of drug-likeness (QED) is 0.683. The molecule has 2 amide bonds. The van der Waals surface area contributed by atoms with Gasteiger partial charge in [0.1, 0.15) is 5.60 Å². The van der Waals surface area contributed by atoms with Gasteiger partial charge in [0, 0.05) is 38.5 Å². The molecule has 1 saturated heterocycles. The zero-order valence-electron chi connectivity index (χ0n) is 15.7. The molecule has 0 radical (unpaired) electrons. The van der Waals surface area contributed by atoms with Crippen LogP contribution in [0.2, 0.25) is 5.02 Å². The van der Waals surface area contributed by atoms with Gasteiger partial charge in [-0.15, -0.1) is 0 Å². The molecule has 0 atom stereocenters. The smallest absolute Gasteiger partial charge is 0.417 e. The molecule has 0 spiro atoms. The molecule has 1 aliphatic heterocycles. The number of hydrogen-bond acceptors (Lipinski definition) is 4. The first-order valence-electron chi connectivity index (χ1n) is 8.54. The zero-order valence-corrected chi connectivity index (χ0v) is 16.5. The Morgan fingerprint density at radius 2 is 1.71 bits per heavy atom. The van der Waals surface area contributed by atoms with Gasteiger partial charge in [-0.2, -0.15) is 13.2 Å². The molecule has 10 heteroatoms. The summed E-state index contributed by atoms with van der Waals surface area (Å²) in [6.07, 6.45) is -1.84. The molecule has 0 aliphatic carbocycles. The molecule has 1 aromatic rings. The molecule has 1 aliphatic rings. The molecule has 2 rings (SSSR count). The van der Waals surface area contributed by atoms with E-state index in [4.69, 9.17) is 16.3 Å². The van der Waals surface area contributed by atoms with E-state index >= 15 is 0 Å². The van der Waals surface area contributed by atoms with Gasteiger partial charge in [-0.05, 0) is 32.9 Å². The van der Waals surface area contributed by atoms with Crippen molar-refractivity contribution in [2.75, 3.05) is 26.2 Å². The lowest BCUT2D eigenvalue weighted by molar-refractivity contribution is -0.137. The second-order valence-corrected chi connectivity index (χ2v) is 7.62. The average Bonchev–Trinajstić information content (AvgIpc) is 2.58. The van der Waals surface area contributed by atoms with Gasteiger partial charge >= 0.3 is 12.3 Å². The number of hydrogen-bond donors (Lipinski definition) is 0. The van der Waals surface area contributed by atoms with E-state index in [9.17, 15) is 22.8 Å². The van der Waals surface area contributed by atoms with E-state index in [1.807, 2.05) is 0 Å². The van der Waals surface area contributed by atoms with Crippen LogP contribution in [0.4, 0.5) is 18.0 Å². The molecule has 0 N–H and O–H groups in total. The molecule has 0 bridgehead atoms. The Kier molecular flexibility index (Phi) is 6.59. The van der Waals surface area contributed by atoms with E-state index < -0.39 is 23.4 Å². The van der Waals surface area contributed by atoms with Gasteiger partial charge in [0.15, 0.2) is 0 Å². The highest BCUT2D eigenvalue weighted by Crippen LogP contribution is 2.31. The predicted octanol–water partition coefficient (Wildman–Crippen LogP) is 3.85. The highest BCUT2D eigenvalue weighted by Gasteiger charge is 2.31. The molecule has 28 heavy (non-hydrogen) atoms. The van der Waals surface area contributed by atoms with Crippen LogP contribution in [0.25, 0.3) is 6.08 Å². The minimum atomic E-state index is -4.54. The van der Waals surface area contributed by atoms with Crippen molar-refractivity contribution in [2.45, 2.75) is 32.5 Å². The summed E-state index contributed by atoms with van der Waals surface area (Å²) in [6.45, 7) is 6.61. The van der Waals surface area contributed by atoms with Gasteiger partial charge in [0.2, 0.25) is 5.91 Å². The Morgan fingerprint density at radius 3 is 2.21 bits per heavy atom. The van der Waals surface area contributed by atoms with E-state index in [0.29, 0.717) is 32.4 Å². The topological polar surface area (TPSA) is 62.7 Å². The van der Waals surface area contributed by atoms with Crippen molar-refractivity contribution in [3.05, 3.63) is 34.6 Å². The number of rotatable bonds is 2. The second-order valence-electron chi connectivity index (χ2n) is 7.21. The Bertz CT molecular complexity index is 768. The average molecular weight is 420 g/mol. The molecule has 0 unspecified atom stereocenters. The summed E-state index contributed by atoms with van der Waals surface area (Å²) in [7, 11) is 0. The SMILES string of the molecule is CC(C)(C)OC(=O)N1CCN(C(=O)C=Cc2ncc(C(F)(F)F)cc2Cl)CC1. The Morgan fingerprint density at radius 1 is 1.14 bits per heavy atom. The summed E-state index contributed by atoms with van der Waals surface area (Å²) in [6, 6.07) is 0.762. The van der Waals surface area contributed by atoms with E-state index in [1.54, 1.807) is 20.8 Å². The van der Waals surface area contributed by atoms with Crippen molar-refractivity contribution in [1.82, 2.24) is 14.8 Å². The third kappa shape index (κ3) is 6.12. The maximum Gasteiger partial charge on any atom is 0.417 e. The van der Waals surface area contributed by atoms with Crippen LogP contribution in [0, 0.1) is 0 Å². The Hall–Kier alpha value is -2.29. The number of carbonyl (C=O) groups is 2. The van der Waals surface area contributed by atoms with Gasteiger partial charge in [-0.25, -0.2) is 4.79 Å². The first-order chi connectivity index (χ1) is 12.9. The van der Waals surface area contributed by atoms with Crippen LogP contribution in [0.1, 0.15) is 32.0 Å². The van der Waals surface area contributed by atoms with Crippen LogP contribution in [-0.2, 0) is 15.7 Å². The van der Waals surface area contributed by atoms with E-state index in [-0.39, 0.29) is 16.6 Å². The van der Waals surface area contributed by atoms with Crippen molar-refractivity contribution in [3.63, 3.8) is 0 Å². The summed E-state index contributed by atoms with van der Waals surface area (Å²) in [4.78, 5) is 31.0. The van der Waals surface area contributed by atoms with Crippen LogP contribution in [0.15, 0.2) is 18.3 Å². The molecular weight excluding hydrogens is 399 g/mol. The van der Waals surface area contributed by atoms with Crippen LogP contribution in [0.5, 0.6) is 0 Å². The molecule has 154 valence electrons. The normalized spacial score (nSPS) is 15.8. The number of halogens is 4. The number of ether oxygens (including phenoxy) is 1. The summed E-state index contributed by atoms with van der Waals surface area (Å²) >= 11 is 5.81. The molecule has 0 aromatic carbocycles. The molecule has 6 nitrogen and oxygen atoms in total. The summed E-state index contributed by atoms with van der Waals surface area (Å²) in [5.41, 5.74) is -1.49. The van der Waals surface area contributed by atoms with Crippen molar-refractivity contribution >= 4 is 29.7 Å². The van der Waals surface area contributed by atoms with Gasteiger partial charge in [0.05, 0.1) is 16.3 Å². The number of aromatic nitrogens is 1. The number of amides is 2. The van der Waals surface area contributed by atoms with Gasteiger partial charge in [0.25, 0.3) is 0 Å². The van der Waals surface area contributed by atoms with E-state index in [2.05, 4.69) is 4.98 Å². The highest BCUT2D eigenvalue weighted by molar-refractivity contribution is 6.32. The molecule has 1 aromatic heterocycles. The minimum Gasteiger partial charge on any atom is -0.444 e. The lowest BCUT2D eigenvalue weighted by Gasteiger charge is -2.35. The fourth-order valence-electron chi connectivity index (χ4n) is 2.42. The second kappa shape index (κ2) is 8.38. The maximum atomic E-state index is 12.6. The zero-order chi connectivity index (χ0) is 21.1. The number of alkyl halides is 3. The molecule has 1 fully saturated rings. The third-order valence-corrected chi connectivity index (χ3v) is 4.13. The van der Waals surface area contributed by atoms with Gasteiger partial charge in [-0.3, -0.25) is 9.78 Å². The first-order valence-corrected chi connectivity index (χ1v) is 8.92. The first kappa shape index (κ1) is 22.0. The monoisotopic (exact) mass is 419 g/mol. The Labute approximate surface area is 165 Å². The molecule has 2 heterocycles. The van der Waals surface area contributed by atoms with Gasteiger partial charge in [-0.1, -0.05) is 11.6 Å². The van der Waals surface area contributed by atoms with Crippen molar-refractivity contribution in [1.29, 1.82) is 0 Å². The summed E-state index contributed by atoms with van der Waals surface area (Å²) < 4.78 is 43.2. The standard InChI is InChI=1S/C18H21ClF3N3O3/c1-17(2,3)28-16(27)25-8-6-24(7-9-25)15(26)5-4-14-13(19)10-12(11-23-14)18(20,21)22/h4-5,10-11H,6-9H2,1-3H3. The minimum absolute atomic E-state index is 0.0652. The third-order valence-electron chi connectivity index (χ3n) is 3.82. The summed E-state index contributed by atoms with van der Waals surface area (Å²) in [5, 5.41) is -0.200. The van der Waals surface area contributed by atoms with Crippen molar-refractivity contribution in [3.8, 4) is 0 Å². The largest absolute Gasteiger partial charge is 0.444 e. The highest BCUT2D eigenvalue weighted by atomic mass is 35.5.